The van der Waals surface area contributed by atoms with Crippen molar-refractivity contribution in [3.8, 4) is 0 Å². The van der Waals surface area contributed by atoms with Gasteiger partial charge in [-0.1, -0.05) is 0 Å². The van der Waals surface area contributed by atoms with Gasteiger partial charge in [0.1, 0.15) is 0 Å². The van der Waals surface area contributed by atoms with Gasteiger partial charge in [-0.3, -0.25) is 0 Å². The molecular weight excluding hydrogens is 384 g/mol. The van der Waals surface area contributed by atoms with Crippen LogP contribution in [0.3, 0.4) is 0 Å². The molecule has 0 unspecified atom stereocenters. The molecule has 0 saturated carbocycles. The van der Waals surface area contributed by atoms with Crippen molar-refractivity contribution in [2.45, 2.75) is 0 Å². The van der Waals surface area contributed by atoms with E-state index >= 15 is 0 Å². The molecule has 0 aromatic heterocycles. The van der Waals surface area contributed by atoms with Crippen LogP contribution in [0.25, 0.3) is 0 Å². The van der Waals surface area contributed by atoms with E-state index in [1.807, 2.05) is 0 Å². The van der Waals surface area contributed by atoms with Crippen LogP contribution < -0.4 is 27.9 Å². The van der Waals surface area contributed by atoms with Crippen molar-refractivity contribution in [1.82, 2.24) is 0 Å². The summed E-state index contributed by atoms with van der Waals surface area (Å²) >= 11 is -3.76. The minimum absolute atomic E-state index is 0. The van der Waals surface area contributed by atoms with E-state index in [0.717, 1.165) is 0 Å². The Kier molecular flexibility index (Phi) is 10.7. The normalized spacial score (nSPS) is 7.20. The van der Waals surface area contributed by atoms with Crippen LogP contribution in [0.15, 0.2) is 0 Å². The van der Waals surface area contributed by atoms with Gasteiger partial charge in [-0.05, 0) is 3.44 Å². The van der Waals surface area contributed by atoms with Gasteiger partial charge in [0.25, 0.3) is 0 Å². The first-order valence-corrected chi connectivity index (χ1v) is 3.20. The third-order valence-corrected chi connectivity index (χ3v) is 0. The fraction of sp³-hybridized carbons (Fsp3) is 0. The zero-order chi connectivity index (χ0) is 3.58. The summed E-state index contributed by atoms with van der Waals surface area (Å²) in [5, 5.41) is 0. The van der Waals surface area contributed by atoms with Crippen LogP contribution in [-0.4, -0.2) is 29.6 Å². The Hall–Kier alpha value is 1.49. The SMILES string of the molecule is [BiH3].[O-][I+2]([O-])O. The Morgan fingerprint density at radius 2 is 1.40 bits per heavy atom. The van der Waals surface area contributed by atoms with Crippen LogP contribution in [0.4, 0.5) is 0 Å². The Bertz CT molecular complexity index is 11.6. The minimum Gasteiger partial charge on any atom is -0.396 e. The van der Waals surface area contributed by atoms with Crippen molar-refractivity contribution in [2.24, 2.45) is 0 Å². The second kappa shape index (κ2) is 5.49. The topological polar surface area (TPSA) is 66.3 Å². The van der Waals surface area contributed by atoms with E-state index in [1.54, 1.807) is 0 Å². The summed E-state index contributed by atoms with van der Waals surface area (Å²) < 4.78 is 24.5. The summed E-state index contributed by atoms with van der Waals surface area (Å²) in [6.45, 7) is 0. The van der Waals surface area contributed by atoms with Crippen molar-refractivity contribution in [2.75, 3.05) is 0 Å². The van der Waals surface area contributed by atoms with Gasteiger partial charge in [-0.15, -0.1) is 0 Å². The first-order valence-electron chi connectivity index (χ1n) is 0.478. The standard InChI is InChI=1S/Bi.HIO3.3H/c;2-1(3)4;;;/h;2H;;;. The van der Waals surface area contributed by atoms with Crippen LogP contribution >= 0.6 is 0 Å². The first-order chi connectivity index (χ1) is 1.73. The maximum absolute atomic E-state index is 8.68. The van der Waals surface area contributed by atoms with Gasteiger partial charge >= 0.3 is 47.3 Å². The van der Waals surface area contributed by atoms with Crippen molar-refractivity contribution < 1.29 is 31.4 Å². The van der Waals surface area contributed by atoms with Crippen molar-refractivity contribution in [1.29, 1.82) is 0 Å². The van der Waals surface area contributed by atoms with E-state index in [0.29, 0.717) is 0 Å². The van der Waals surface area contributed by atoms with E-state index in [1.165, 1.54) is 0 Å². The van der Waals surface area contributed by atoms with Gasteiger partial charge in [0.05, 0.1) is 0 Å². The molecule has 0 saturated heterocycles. The molecule has 0 radical (unpaired) electrons. The summed E-state index contributed by atoms with van der Waals surface area (Å²) in [4.78, 5) is 0. The second-order valence-electron chi connectivity index (χ2n) is 0.201. The average molecular weight is 388 g/mol. The van der Waals surface area contributed by atoms with Gasteiger partial charge < -0.3 is 6.87 Å². The van der Waals surface area contributed by atoms with Crippen LogP contribution in [0.5, 0.6) is 0 Å². The molecule has 0 atom stereocenters. The van der Waals surface area contributed by atoms with Crippen LogP contribution in [-0.2, 0) is 0 Å². The second-order valence-corrected chi connectivity index (χ2v) is 1.35. The van der Waals surface area contributed by atoms with E-state index in [4.69, 9.17) is 10.3 Å². The number of rotatable bonds is 0. The molecule has 3 nitrogen and oxygen atoms in total. The van der Waals surface area contributed by atoms with E-state index in [9.17, 15) is 0 Å². The predicted octanol–water partition coefficient (Wildman–Crippen LogP) is -7.11. The zero-order valence-corrected chi connectivity index (χ0v) is 10.0. The molecule has 0 heterocycles. The molecule has 34 valence electrons. The molecule has 0 bridgehead atoms. The fourth-order valence-electron chi connectivity index (χ4n) is 0. The Labute approximate surface area is 57.2 Å². The monoisotopic (exact) mass is 388 g/mol. The van der Waals surface area contributed by atoms with Crippen LogP contribution in [0, 0.1) is 0 Å². The molecule has 0 aliphatic heterocycles. The molecule has 0 spiro atoms. The summed E-state index contributed by atoms with van der Waals surface area (Å²) in [5.74, 6) is 0. The third-order valence-electron chi connectivity index (χ3n) is 0. The number of halogens is 1. The largest absolute Gasteiger partial charge is 0.503 e. The molecule has 5 heteroatoms. The Balaban J connectivity index is 0. The maximum atomic E-state index is 8.68. The fourth-order valence-corrected chi connectivity index (χ4v) is 0. The summed E-state index contributed by atoms with van der Waals surface area (Å²) in [5.41, 5.74) is 0. The summed E-state index contributed by atoms with van der Waals surface area (Å²) in [6.07, 6.45) is 0. The molecular formula is H4BiIO3. The molecule has 0 fully saturated rings. The zero-order valence-electron chi connectivity index (χ0n) is 2.35. The quantitative estimate of drug-likeness (QED) is 0.332. The molecule has 0 aromatic rings. The minimum atomic E-state index is -3.76. The van der Waals surface area contributed by atoms with Crippen molar-refractivity contribution in [3.05, 3.63) is 0 Å². The molecule has 5 heavy (non-hydrogen) atoms. The van der Waals surface area contributed by atoms with Crippen LogP contribution in [0.1, 0.15) is 0 Å². The van der Waals surface area contributed by atoms with E-state index in [-0.39, 0.29) is 26.2 Å². The van der Waals surface area contributed by atoms with Crippen molar-refractivity contribution in [3.63, 3.8) is 0 Å². The van der Waals surface area contributed by atoms with Gasteiger partial charge in [0.15, 0.2) is 0 Å². The third kappa shape index (κ3) is 30.1. The van der Waals surface area contributed by atoms with Gasteiger partial charge in [0, 0.05) is 0 Å². The van der Waals surface area contributed by atoms with Gasteiger partial charge in [-0.25, -0.2) is 0 Å². The average Bonchev–Trinajstić information content (AvgIpc) is 0.811. The molecule has 0 aliphatic carbocycles. The number of hydrogen-bond donors (Lipinski definition) is 1. The van der Waals surface area contributed by atoms with Gasteiger partial charge in [-0.2, -0.15) is 0 Å². The van der Waals surface area contributed by atoms with E-state index in [2.05, 4.69) is 0 Å². The Morgan fingerprint density at radius 1 is 1.40 bits per heavy atom. The molecule has 0 amide bonds. The summed E-state index contributed by atoms with van der Waals surface area (Å²) in [7, 11) is 0. The molecule has 0 rings (SSSR count). The van der Waals surface area contributed by atoms with Crippen LogP contribution in [0.2, 0.25) is 0 Å². The van der Waals surface area contributed by atoms with E-state index < -0.39 is 21.1 Å². The van der Waals surface area contributed by atoms with Gasteiger partial charge in [0.2, 0.25) is 0 Å². The first kappa shape index (κ1) is 9.70. The number of hydrogen-bond acceptors (Lipinski definition) is 3. The summed E-state index contributed by atoms with van der Waals surface area (Å²) in [6, 6.07) is 0. The van der Waals surface area contributed by atoms with Crippen molar-refractivity contribution >= 4 is 26.2 Å². The predicted molar refractivity (Wildman–Crippen MR) is 12.2 cm³/mol. The Morgan fingerprint density at radius 3 is 1.40 bits per heavy atom. The molecule has 0 aliphatic rings. The molecule has 0 aromatic carbocycles. The molecule has 1 N–H and O–H groups in total. The maximum Gasteiger partial charge on any atom is 0.503 e. The smallest absolute Gasteiger partial charge is 0.396 e.